The van der Waals surface area contributed by atoms with Gasteiger partial charge in [-0.25, -0.2) is 9.59 Å². The standard InChI is InChI=1S/C22H21NO8S/c1-12-17(21(25)28-3)20(32-18(12)22(26)29-4)23-19(24)16-9-8-15(31-16)11-30-14-7-5-6-13(10-14)27-2/h5-10H,11H2,1-4H3,(H,23,24). The highest BCUT2D eigenvalue weighted by Crippen LogP contribution is 2.34. The van der Waals surface area contributed by atoms with Crippen LogP contribution in [-0.4, -0.2) is 39.2 Å². The number of nitrogens with one attached hydrogen (secondary N) is 1. The third-order valence-corrected chi connectivity index (χ3v) is 5.63. The van der Waals surface area contributed by atoms with Crippen molar-refractivity contribution < 1.29 is 37.7 Å². The van der Waals surface area contributed by atoms with E-state index in [0.717, 1.165) is 11.3 Å². The maximum atomic E-state index is 12.7. The predicted molar refractivity (Wildman–Crippen MR) is 116 cm³/mol. The minimum atomic E-state index is -0.684. The van der Waals surface area contributed by atoms with Crippen LogP contribution in [0.4, 0.5) is 5.00 Å². The molecule has 9 nitrogen and oxygen atoms in total. The van der Waals surface area contributed by atoms with E-state index in [1.54, 1.807) is 44.4 Å². The number of thiophene rings is 1. The van der Waals surface area contributed by atoms with Crippen LogP contribution < -0.4 is 14.8 Å². The molecular formula is C22H21NO8S. The van der Waals surface area contributed by atoms with E-state index in [1.807, 2.05) is 0 Å². The first kappa shape index (κ1) is 22.9. The predicted octanol–water partition coefficient (Wildman–Crippen LogP) is 4.06. The van der Waals surface area contributed by atoms with Gasteiger partial charge < -0.3 is 28.7 Å². The Morgan fingerprint density at radius 3 is 2.41 bits per heavy atom. The fourth-order valence-electron chi connectivity index (χ4n) is 2.82. The van der Waals surface area contributed by atoms with Crippen molar-refractivity contribution in [3.8, 4) is 11.5 Å². The number of hydrogen-bond acceptors (Lipinski definition) is 9. The maximum absolute atomic E-state index is 12.7. The summed E-state index contributed by atoms with van der Waals surface area (Å²) in [7, 11) is 4.00. The lowest BCUT2D eigenvalue weighted by atomic mass is 10.1. The number of benzene rings is 1. The second-order valence-electron chi connectivity index (χ2n) is 6.43. The van der Waals surface area contributed by atoms with Crippen LogP contribution in [0.25, 0.3) is 0 Å². The van der Waals surface area contributed by atoms with Crippen LogP contribution in [0.1, 0.15) is 41.9 Å². The first-order valence-electron chi connectivity index (χ1n) is 9.34. The molecule has 1 aromatic carbocycles. The molecule has 168 valence electrons. The fraction of sp³-hybridized carbons (Fsp3) is 0.227. The molecule has 0 unspecified atom stereocenters. The van der Waals surface area contributed by atoms with Crippen molar-refractivity contribution in [3.63, 3.8) is 0 Å². The molecule has 3 rings (SSSR count). The zero-order chi connectivity index (χ0) is 23.3. The van der Waals surface area contributed by atoms with Crippen LogP contribution in [-0.2, 0) is 16.1 Å². The molecule has 0 spiro atoms. The average molecular weight is 459 g/mol. The highest BCUT2D eigenvalue weighted by molar-refractivity contribution is 7.18. The van der Waals surface area contributed by atoms with Crippen molar-refractivity contribution in [1.82, 2.24) is 0 Å². The number of amides is 1. The van der Waals surface area contributed by atoms with E-state index in [-0.39, 0.29) is 27.8 Å². The van der Waals surface area contributed by atoms with Gasteiger partial charge in [0.25, 0.3) is 5.91 Å². The van der Waals surface area contributed by atoms with Crippen LogP contribution in [0.15, 0.2) is 40.8 Å². The lowest BCUT2D eigenvalue weighted by Crippen LogP contribution is -2.13. The van der Waals surface area contributed by atoms with Gasteiger partial charge in [0.2, 0.25) is 0 Å². The van der Waals surface area contributed by atoms with Crippen molar-refractivity contribution in [2.24, 2.45) is 0 Å². The Labute approximate surface area is 187 Å². The number of carbonyl (C=O) groups excluding carboxylic acids is 3. The number of carbonyl (C=O) groups is 3. The van der Waals surface area contributed by atoms with Crippen molar-refractivity contribution in [1.29, 1.82) is 0 Å². The van der Waals surface area contributed by atoms with E-state index in [0.29, 0.717) is 22.8 Å². The van der Waals surface area contributed by atoms with Gasteiger partial charge in [-0.15, -0.1) is 11.3 Å². The van der Waals surface area contributed by atoms with Crippen LogP contribution in [0.2, 0.25) is 0 Å². The smallest absolute Gasteiger partial charge is 0.348 e. The van der Waals surface area contributed by atoms with Gasteiger partial charge in [0, 0.05) is 6.07 Å². The molecule has 0 radical (unpaired) electrons. The third-order valence-electron chi connectivity index (χ3n) is 4.44. The maximum Gasteiger partial charge on any atom is 0.348 e. The molecule has 0 saturated heterocycles. The normalized spacial score (nSPS) is 10.4. The largest absolute Gasteiger partial charge is 0.497 e. The molecule has 0 saturated carbocycles. The molecule has 0 aliphatic carbocycles. The summed E-state index contributed by atoms with van der Waals surface area (Å²) in [5.74, 6) is -0.232. The number of furan rings is 1. The zero-order valence-electron chi connectivity index (χ0n) is 17.8. The summed E-state index contributed by atoms with van der Waals surface area (Å²) in [4.78, 5) is 37.1. The van der Waals surface area contributed by atoms with E-state index >= 15 is 0 Å². The minimum absolute atomic E-state index is 0.00993. The lowest BCUT2D eigenvalue weighted by Gasteiger charge is -2.06. The Morgan fingerprint density at radius 1 is 1.00 bits per heavy atom. The number of anilines is 1. The summed E-state index contributed by atoms with van der Waals surface area (Å²) in [6.45, 7) is 1.67. The Bertz CT molecular complexity index is 1150. The monoisotopic (exact) mass is 459 g/mol. The Hall–Kier alpha value is -3.79. The molecule has 1 amide bonds. The summed E-state index contributed by atoms with van der Waals surface area (Å²) < 4.78 is 25.9. The van der Waals surface area contributed by atoms with Crippen LogP contribution in [0.3, 0.4) is 0 Å². The second kappa shape index (κ2) is 10.0. The molecule has 3 aromatic rings. The molecule has 0 fully saturated rings. The Kier molecular flexibility index (Phi) is 7.16. The first-order chi connectivity index (χ1) is 15.4. The summed E-state index contributed by atoms with van der Waals surface area (Å²) in [5, 5.41) is 2.76. The third kappa shape index (κ3) is 4.92. The lowest BCUT2D eigenvalue weighted by molar-refractivity contribution is 0.0601. The van der Waals surface area contributed by atoms with E-state index in [4.69, 9.17) is 23.4 Å². The molecule has 10 heteroatoms. The number of rotatable bonds is 8. The summed E-state index contributed by atoms with van der Waals surface area (Å²) in [6, 6.07) is 10.2. The minimum Gasteiger partial charge on any atom is -0.497 e. The highest BCUT2D eigenvalue weighted by Gasteiger charge is 2.27. The van der Waals surface area contributed by atoms with E-state index in [2.05, 4.69) is 5.32 Å². The topological polar surface area (TPSA) is 113 Å². The van der Waals surface area contributed by atoms with Gasteiger partial charge in [0.05, 0.1) is 26.9 Å². The van der Waals surface area contributed by atoms with Crippen LogP contribution in [0, 0.1) is 6.92 Å². The van der Waals surface area contributed by atoms with Gasteiger partial charge in [0.15, 0.2) is 5.76 Å². The van der Waals surface area contributed by atoms with Gasteiger partial charge in [0.1, 0.15) is 33.7 Å². The fourth-order valence-corrected chi connectivity index (χ4v) is 3.93. The molecule has 1 N–H and O–H groups in total. The van der Waals surface area contributed by atoms with Crippen molar-refractivity contribution in [3.05, 3.63) is 63.9 Å². The quantitative estimate of drug-likeness (QED) is 0.502. The number of methoxy groups -OCH3 is 3. The number of ether oxygens (including phenoxy) is 4. The molecule has 0 bridgehead atoms. The molecule has 2 aromatic heterocycles. The van der Waals surface area contributed by atoms with Crippen LogP contribution >= 0.6 is 11.3 Å². The zero-order valence-corrected chi connectivity index (χ0v) is 18.7. The van der Waals surface area contributed by atoms with Crippen molar-refractivity contribution >= 4 is 34.2 Å². The molecular weight excluding hydrogens is 438 g/mol. The van der Waals surface area contributed by atoms with Crippen LogP contribution in [0.5, 0.6) is 11.5 Å². The van der Waals surface area contributed by atoms with Gasteiger partial charge in [-0.05, 0) is 36.8 Å². The molecule has 0 aliphatic heterocycles. The van der Waals surface area contributed by atoms with Gasteiger partial charge in [-0.2, -0.15) is 0 Å². The highest BCUT2D eigenvalue weighted by atomic mass is 32.1. The summed E-state index contributed by atoms with van der Waals surface area (Å²) >= 11 is 0.918. The molecule has 32 heavy (non-hydrogen) atoms. The Morgan fingerprint density at radius 2 is 1.72 bits per heavy atom. The number of hydrogen-bond donors (Lipinski definition) is 1. The van der Waals surface area contributed by atoms with E-state index < -0.39 is 17.8 Å². The van der Waals surface area contributed by atoms with Gasteiger partial charge in [-0.1, -0.05) is 6.07 Å². The van der Waals surface area contributed by atoms with Gasteiger partial charge >= 0.3 is 11.9 Å². The average Bonchev–Trinajstić information content (AvgIpc) is 3.41. The summed E-state index contributed by atoms with van der Waals surface area (Å²) in [5.41, 5.74) is 0.440. The van der Waals surface area contributed by atoms with Crippen molar-refractivity contribution in [2.75, 3.05) is 26.6 Å². The van der Waals surface area contributed by atoms with E-state index in [9.17, 15) is 14.4 Å². The van der Waals surface area contributed by atoms with Gasteiger partial charge in [-0.3, -0.25) is 4.79 Å². The van der Waals surface area contributed by atoms with Crippen molar-refractivity contribution in [2.45, 2.75) is 13.5 Å². The molecule has 0 atom stereocenters. The second-order valence-corrected chi connectivity index (χ2v) is 7.45. The summed E-state index contributed by atoms with van der Waals surface area (Å²) in [6.07, 6.45) is 0. The SMILES string of the molecule is COC(=O)c1sc(NC(=O)c2ccc(COc3cccc(OC)c3)o2)c(C(=O)OC)c1C. The van der Waals surface area contributed by atoms with E-state index in [1.165, 1.54) is 20.3 Å². The molecule has 2 heterocycles. The number of esters is 2. The molecule has 0 aliphatic rings. The Balaban J connectivity index is 1.74. The first-order valence-corrected chi connectivity index (χ1v) is 10.2.